The van der Waals surface area contributed by atoms with E-state index >= 15 is 0 Å². The lowest BCUT2D eigenvalue weighted by molar-refractivity contribution is -0.115. The van der Waals surface area contributed by atoms with Gasteiger partial charge in [-0.15, -0.1) is 11.8 Å². The molecule has 1 atom stereocenters. The van der Waals surface area contributed by atoms with Crippen molar-refractivity contribution in [1.82, 2.24) is 0 Å². The molecule has 6 heteroatoms. The summed E-state index contributed by atoms with van der Waals surface area (Å²) < 4.78 is 10.2. The first kappa shape index (κ1) is 17.4. The van der Waals surface area contributed by atoms with Gasteiger partial charge in [0, 0.05) is 5.69 Å². The van der Waals surface area contributed by atoms with Crippen molar-refractivity contribution >= 4 is 29.3 Å². The quantitative estimate of drug-likeness (QED) is 0.765. The van der Waals surface area contributed by atoms with Crippen molar-refractivity contribution in [3.8, 4) is 5.75 Å². The standard InChI is InChI=1S/C19H19NO4S/c1-3-24-19(22)14-4-8-15(9-5-14)20-17(21)12-25-18(20)13-6-10-16(23-2)11-7-13/h4-11,18H,3,12H2,1-2H3. The van der Waals surface area contributed by atoms with Crippen LogP contribution in [0.4, 0.5) is 5.69 Å². The first-order valence-electron chi connectivity index (χ1n) is 7.99. The van der Waals surface area contributed by atoms with Gasteiger partial charge in [0.2, 0.25) is 5.91 Å². The molecule has 1 heterocycles. The maximum atomic E-state index is 12.4. The molecule has 0 saturated carbocycles. The smallest absolute Gasteiger partial charge is 0.338 e. The lowest BCUT2D eigenvalue weighted by Crippen LogP contribution is -2.27. The minimum absolute atomic E-state index is 0.0507. The van der Waals surface area contributed by atoms with Gasteiger partial charge in [0.25, 0.3) is 0 Å². The minimum Gasteiger partial charge on any atom is -0.497 e. The molecule has 0 aliphatic carbocycles. The van der Waals surface area contributed by atoms with Gasteiger partial charge in [-0.2, -0.15) is 0 Å². The number of rotatable bonds is 5. The fourth-order valence-corrected chi connectivity index (χ4v) is 3.87. The average molecular weight is 357 g/mol. The van der Waals surface area contributed by atoms with Crippen LogP contribution >= 0.6 is 11.8 Å². The molecule has 1 unspecified atom stereocenters. The zero-order valence-electron chi connectivity index (χ0n) is 14.1. The molecule has 0 spiro atoms. The molecule has 25 heavy (non-hydrogen) atoms. The van der Waals surface area contributed by atoms with E-state index in [4.69, 9.17) is 9.47 Å². The van der Waals surface area contributed by atoms with Crippen LogP contribution < -0.4 is 9.64 Å². The highest BCUT2D eigenvalue weighted by atomic mass is 32.2. The summed E-state index contributed by atoms with van der Waals surface area (Å²) in [5, 5.41) is -0.0909. The van der Waals surface area contributed by atoms with Gasteiger partial charge in [-0.05, 0) is 48.9 Å². The van der Waals surface area contributed by atoms with Crippen LogP contribution in [0.2, 0.25) is 0 Å². The van der Waals surface area contributed by atoms with Crippen LogP contribution in [0.15, 0.2) is 48.5 Å². The number of hydrogen-bond acceptors (Lipinski definition) is 5. The third-order valence-electron chi connectivity index (χ3n) is 3.93. The van der Waals surface area contributed by atoms with Gasteiger partial charge < -0.3 is 9.47 Å². The van der Waals surface area contributed by atoms with Crippen LogP contribution in [0, 0.1) is 0 Å². The zero-order chi connectivity index (χ0) is 17.8. The van der Waals surface area contributed by atoms with Crippen molar-refractivity contribution in [2.75, 3.05) is 24.4 Å². The third-order valence-corrected chi connectivity index (χ3v) is 5.14. The van der Waals surface area contributed by atoms with E-state index < -0.39 is 0 Å². The Labute approximate surface area is 150 Å². The molecule has 1 saturated heterocycles. The maximum absolute atomic E-state index is 12.4. The molecule has 0 radical (unpaired) electrons. The van der Waals surface area contributed by atoms with Crippen molar-refractivity contribution in [1.29, 1.82) is 0 Å². The Bertz CT molecular complexity index is 758. The largest absolute Gasteiger partial charge is 0.497 e. The number of ether oxygens (including phenoxy) is 2. The molecule has 130 valence electrons. The topological polar surface area (TPSA) is 55.8 Å². The number of hydrogen-bond donors (Lipinski definition) is 0. The van der Waals surface area contributed by atoms with Gasteiger partial charge in [0.1, 0.15) is 11.1 Å². The molecule has 0 N–H and O–H groups in total. The van der Waals surface area contributed by atoms with E-state index in [0.717, 1.165) is 17.0 Å². The molecule has 1 aliphatic heterocycles. The van der Waals surface area contributed by atoms with Gasteiger partial charge in [-0.1, -0.05) is 12.1 Å². The highest BCUT2D eigenvalue weighted by Crippen LogP contribution is 2.42. The fourth-order valence-electron chi connectivity index (χ4n) is 2.69. The van der Waals surface area contributed by atoms with Crippen LogP contribution in [-0.4, -0.2) is 31.3 Å². The first-order chi connectivity index (χ1) is 12.1. The maximum Gasteiger partial charge on any atom is 0.338 e. The summed E-state index contributed by atoms with van der Waals surface area (Å²) in [6, 6.07) is 14.7. The van der Waals surface area contributed by atoms with Crippen LogP contribution in [0.3, 0.4) is 0 Å². The number of benzene rings is 2. The first-order valence-corrected chi connectivity index (χ1v) is 9.03. The monoisotopic (exact) mass is 357 g/mol. The molecule has 0 bridgehead atoms. The molecule has 5 nitrogen and oxygen atoms in total. The second kappa shape index (κ2) is 7.61. The minimum atomic E-state index is -0.358. The second-order valence-corrected chi connectivity index (χ2v) is 6.54. The lowest BCUT2D eigenvalue weighted by Gasteiger charge is -2.24. The van der Waals surface area contributed by atoms with Crippen LogP contribution in [0.25, 0.3) is 0 Å². The van der Waals surface area contributed by atoms with Crippen molar-refractivity contribution in [2.45, 2.75) is 12.3 Å². The van der Waals surface area contributed by atoms with E-state index in [2.05, 4.69) is 0 Å². The summed E-state index contributed by atoms with van der Waals surface area (Å²) in [5.74, 6) is 0.900. The predicted octanol–water partition coefficient (Wildman–Crippen LogP) is 3.65. The van der Waals surface area contributed by atoms with Crippen molar-refractivity contribution in [3.05, 3.63) is 59.7 Å². The molecule has 1 amide bonds. The summed E-state index contributed by atoms with van der Waals surface area (Å²) in [5.41, 5.74) is 2.28. The Hall–Kier alpha value is -2.47. The Morgan fingerprint density at radius 1 is 1.16 bits per heavy atom. The van der Waals surface area contributed by atoms with E-state index in [0.29, 0.717) is 17.9 Å². The number of methoxy groups -OCH3 is 1. The van der Waals surface area contributed by atoms with Crippen molar-refractivity contribution in [3.63, 3.8) is 0 Å². The molecule has 2 aromatic rings. The molecule has 1 fully saturated rings. The summed E-state index contributed by atoms with van der Waals surface area (Å²) in [4.78, 5) is 25.9. The lowest BCUT2D eigenvalue weighted by atomic mass is 10.1. The number of anilines is 1. The molecular formula is C19H19NO4S. The number of thioether (sulfide) groups is 1. The van der Waals surface area contributed by atoms with E-state index in [1.807, 2.05) is 24.3 Å². The fraction of sp³-hybridized carbons (Fsp3) is 0.263. The highest BCUT2D eigenvalue weighted by Gasteiger charge is 2.34. The summed E-state index contributed by atoms with van der Waals surface area (Å²) in [6.45, 7) is 2.10. The summed E-state index contributed by atoms with van der Waals surface area (Å²) >= 11 is 1.58. The van der Waals surface area contributed by atoms with Gasteiger partial charge in [0.15, 0.2) is 0 Å². The van der Waals surface area contributed by atoms with E-state index in [-0.39, 0.29) is 17.3 Å². The van der Waals surface area contributed by atoms with Crippen LogP contribution in [0.5, 0.6) is 5.75 Å². The number of esters is 1. The van der Waals surface area contributed by atoms with E-state index in [1.165, 1.54) is 0 Å². The van der Waals surface area contributed by atoms with Crippen LogP contribution in [0.1, 0.15) is 28.2 Å². The Morgan fingerprint density at radius 2 is 1.84 bits per heavy atom. The van der Waals surface area contributed by atoms with E-state index in [9.17, 15) is 9.59 Å². The molecular weight excluding hydrogens is 338 g/mol. The van der Waals surface area contributed by atoms with Crippen molar-refractivity contribution < 1.29 is 19.1 Å². The zero-order valence-corrected chi connectivity index (χ0v) is 14.9. The average Bonchev–Trinajstić information content (AvgIpc) is 3.03. The molecule has 1 aliphatic rings. The predicted molar refractivity (Wildman–Crippen MR) is 98.1 cm³/mol. The molecule has 3 rings (SSSR count). The Kier molecular flexibility index (Phi) is 5.28. The Balaban J connectivity index is 1.85. The summed E-state index contributed by atoms with van der Waals surface area (Å²) in [6.07, 6.45) is 0. The van der Waals surface area contributed by atoms with Gasteiger partial charge in [-0.25, -0.2) is 4.79 Å². The molecule has 0 aromatic heterocycles. The number of carbonyl (C=O) groups is 2. The normalized spacial score (nSPS) is 16.8. The van der Waals surface area contributed by atoms with Gasteiger partial charge in [0.05, 0.1) is 25.0 Å². The van der Waals surface area contributed by atoms with E-state index in [1.54, 1.807) is 55.0 Å². The molecule has 2 aromatic carbocycles. The third kappa shape index (κ3) is 3.64. The van der Waals surface area contributed by atoms with Crippen LogP contribution in [-0.2, 0) is 9.53 Å². The number of amides is 1. The van der Waals surface area contributed by atoms with Crippen molar-refractivity contribution in [2.24, 2.45) is 0 Å². The van der Waals surface area contributed by atoms with Gasteiger partial charge in [-0.3, -0.25) is 9.69 Å². The second-order valence-electron chi connectivity index (χ2n) is 5.47. The number of nitrogens with zero attached hydrogens (tertiary/aromatic N) is 1. The summed E-state index contributed by atoms with van der Waals surface area (Å²) in [7, 11) is 1.63. The number of carbonyl (C=O) groups excluding carboxylic acids is 2. The highest BCUT2D eigenvalue weighted by molar-refractivity contribution is 8.00. The Morgan fingerprint density at radius 3 is 2.44 bits per heavy atom. The SMILES string of the molecule is CCOC(=O)c1ccc(N2C(=O)CSC2c2ccc(OC)cc2)cc1. The van der Waals surface area contributed by atoms with Gasteiger partial charge >= 0.3 is 5.97 Å².